The Morgan fingerprint density at radius 1 is 1.00 bits per heavy atom. The Morgan fingerprint density at radius 2 is 1.63 bits per heavy atom. The molecular formula is C22H25NO4. The van der Waals surface area contributed by atoms with Crippen molar-refractivity contribution in [2.75, 3.05) is 6.61 Å². The van der Waals surface area contributed by atoms with Gasteiger partial charge in [0.2, 0.25) is 6.23 Å². The Bertz CT molecular complexity index is 794. The van der Waals surface area contributed by atoms with Crippen LogP contribution in [0.15, 0.2) is 60.7 Å². The first-order valence-electron chi connectivity index (χ1n) is 9.45. The number of carbonyl (C=O) groups is 1. The molecule has 2 aromatic rings. The van der Waals surface area contributed by atoms with Gasteiger partial charge in [0.15, 0.2) is 5.60 Å². The molecule has 0 N–H and O–H groups in total. The first kappa shape index (κ1) is 18.0. The zero-order valence-electron chi connectivity index (χ0n) is 15.9. The van der Waals surface area contributed by atoms with Gasteiger partial charge in [-0.25, -0.2) is 14.6 Å². The van der Waals surface area contributed by atoms with Crippen molar-refractivity contribution in [2.45, 2.75) is 44.6 Å². The van der Waals surface area contributed by atoms with Crippen LogP contribution in [0, 0.1) is 5.92 Å². The molecule has 2 heterocycles. The number of benzene rings is 2. The highest BCUT2D eigenvalue weighted by Gasteiger charge is 2.63. The van der Waals surface area contributed by atoms with E-state index < -0.39 is 11.8 Å². The van der Waals surface area contributed by atoms with Gasteiger partial charge in [-0.15, -0.1) is 0 Å². The third-order valence-corrected chi connectivity index (χ3v) is 5.78. The van der Waals surface area contributed by atoms with Crippen molar-refractivity contribution in [3.05, 3.63) is 71.8 Å². The predicted octanol–water partition coefficient (Wildman–Crippen LogP) is 4.45. The zero-order chi connectivity index (χ0) is 19.0. The summed E-state index contributed by atoms with van der Waals surface area (Å²) in [4.78, 5) is 25.8. The molecule has 2 saturated heterocycles. The smallest absolute Gasteiger partial charge is 0.412 e. The molecule has 142 valence electrons. The summed E-state index contributed by atoms with van der Waals surface area (Å²) >= 11 is 0. The standard InChI is InChI=1S/C22H25NO4/c1-15(2)19-14-25-21(24)23(19)20-22(27-26-20,18-12-8-5-9-13-18)16(3)17-10-6-4-7-11-17/h4-13,15-16,19-20H,14H2,1-3H3/t16-,19-,20-,22-/m0/s1. The molecule has 4 atom stereocenters. The number of nitrogens with zero attached hydrogens (tertiary/aromatic N) is 1. The lowest BCUT2D eigenvalue weighted by Gasteiger charge is -2.54. The van der Waals surface area contributed by atoms with Gasteiger partial charge in [-0.1, -0.05) is 81.4 Å². The van der Waals surface area contributed by atoms with E-state index in [4.69, 9.17) is 14.5 Å². The van der Waals surface area contributed by atoms with Gasteiger partial charge < -0.3 is 4.74 Å². The van der Waals surface area contributed by atoms with Gasteiger partial charge in [0.25, 0.3) is 0 Å². The van der Waals surface area contributed by atoms with Crippen LogP contribution < -0.4 is 0 Å². The van der Waals surface area contributed by atoms with Crippen LogP contribution in [0.4, 0.5) is 4.79 Å². The SMILES string of the molecule is CC(C)[C@@H]1COC(=O)N1[C@H]1OO[C@]1(c1ccccc1)[C@@H](C)c1ccccc1. The van der Waals surface area contributed by atoms with Crippen LogP contribution in [-0.2, 0) is 20.1 Å². The minimum Gasteiger partial charge on any atom is -0.447 e. The molecule has 2 aliphatic rings. The molecule has 2 aliphatic heterocycles. The number of hydrogen-bond donors (Lipinski definition) is 0. The Morgan fingerprint density at radius 3 is 2.19 bits per heavy atom. The van der Waals surface area contributed by atoms with Gasteiger partial charge in [-0.3, -0.25) is 4.90 Å². The summed E-state index contributed by atoms with van der Waals surface area (Å²) in [5.74, 6) is 0.224. The van der Waals surface area contributed by atoms with E-state index >= 15 is 0 Å². The minimum atomic E-state index is -0.793. The number of ether oxygens (including phenoxy) is 1. The van der Waals surface area contributed by atoms with Crippen molar-refractivity contribution in [1.82, 2.24) is 4.90 Å². The molecule has 0 radical (unpaired) electrons. The van der Waals surface area contributed by atoms with Crippen LogP contribution in [0.5, 0.6) is 0 Å². The minimum absolute atomic E-state index is 0.0268. The molecule has 5 heteroatoms. The van der Waals surface area contributed by atoms with Crippen LogP contribution in [0.25, 0.3) is 0 Å². The second-order valence-corrected chi connectivity index (χ2v) is 7.62. The van der Waals surface area contributed by atoms with E-state index in [1.54, 1.807) is 4.90 Å². The molecule has 4 rings (SSSR count). The van der Waals surface area contributed by atoms with Gasteiger partial charge in [0, 0.05) is 5.92 Å². The van der Waals surface area contributed by atoms with E-state index in [0.29, 0.717) is 6.61 Å². The number of carbonyl (C=O) groups excluding carboxylic acids is 1. The largest absolute Gasteiger partial charge is 0.447 e. The van der Waals surface area contributed by atoms with E-state index in [0.717, 1.165) is 11.1 Å². The van der Waals surface area contributed by atoms with Crippen LogP contribution in [0.1, 0.15) is 37.8 Å². The highest BCUT2D eigenvalue weighted by molar-refractivity contribution is 5.71. The maximum Gasteiger partial charge on any atom is 0.412 e. The van der Waals surface area contributed by atoms with Gasteiger partial charge in [-0.05, 0) is 17.0 Å². The number of hydrogen-bond acceptors (Lipinski definition) is 4. The van der Waals surface area contributed by atoms with Crippen molar-refractivity contribution >= 4 is 6.09 Å². The highest BCUT2D eigenvalue weighted by Crippen LogP contribution is 2.52. The number of amides is 1. The van der Waals surface area contributed by atoms with E-state index in [2.05, 4.69) is 32.9 Å². The fraction of sp³-hybridized carbons (Fsp3) is 0.409. The van der Waals surface area contributed by atoms with Crippen molar-refractivity contribution in [3.8, 4) is 0 Å². The first-order chi connectivity index (χ1) is 13.1. The molecule has 0 bridgehead atoms. The molecule has 0 saturated carbocycles. The van der Waals surface area contributed by atoms with Gasteiger partial charge in [0.1, 0.15) is 6.61 Å². The Balaban J connectivity index is 1.79. The predicted molar refractivity (Wildman–Crippen MR) is 101 cm³/mol. The normalized spacial score (nSPS) is 28.7. The van der Waals surface area contributed by atoms with Crippen LogP contribution in [0.3, 0.4) is 0 Å². The van der Waals surface area contributed by atoms with E-state index in [9.17, 15) is 4.79 Å². The summed E-state index contributed by atoms with van der Waals surface area (Å²) in [6, 6.07) is 20.1. The summed E-state index contributed by atoms with van der Waals surface area (Å²) < 4.78 is 5.36. The van der Waals surface area contributed by atoms with Crippen LogP contribution >= 0.6 is 0 Å². The van der Waals surface area contributed by atoms with Crippen molar-refractivity contribution < 1.29 is 19.3 Å². The molecule has 0 aliphatic carbocycles. The lowest BCUT2D eigenvalue weighted by atomic mass is 9.75. The van der Waals surface area contributed by atoms with Crippen molar-refractivity contribution in [1.29, 1.82) is 0 Å². The average molecular weight is 367 g/mol. The molecule has 2 aromatic carbocycles. The van der Waals surface area contributed by atoms with Gasteiger partial charge in [-0.2, -0.15) is 0 Å². The number of rotatable bonds is 5. The third-order valence-electron chi connectivity index (χ3n) is 5.78. The summed E-state index contributed by atoms with van der Waals surface area (Å²) in [5.41, 5.74) is 1.32. The number of cyclic esters (lactones) is 1. The maximum atomic E-state index is 12.6. The van der Waals surface area contributed by atoms with Gasteiger partial charge >= 0.3 is 6.09 Å². The Kier molecular flexibility index (Phi) is 4.66. The molecule has 0 aromatic heterocycles. The fourth-order valence-electron chi connectivity index (χ4n) is 4.09. The Hall–Kier alpha value is -2.37. The van der Waals surface area contributed by atoms with Crippen molar-refractivity contribution in [3.63, 3.8) is 0 Å². The summed E-state index contributed by atoms with van der Waals surface area (Å²) in [6.07, 6.45) is -0.889. The lowest BCUT2D eigenvalue weighted by molar-refractivity contribution is -0.546. The highest BCUT2D eigenvalue weighted by atomic mass is 17.3. The molecule has 27 heavy (non-hydrogen) atoms. The molecule has 1 amide bonds. The van der Waals surface area contributed by atoms with E-state index in [1.165, 1.54) is 0 Å². The van der Waals surface area contributed by atoms with Crippen LogP contribution in [-0.4, -0.2) is 29.9 Å². The monoisotopic (exact) mass is 367 g/mol. The quantitative estimate of drug-likeness (QED) is 0.733. The summed E-state index contributed by atoms with van der Waals surface area (Å²) in [6.45, 7) is 6.67. The molecule has 5 nitrogen and oxygen atoms in total. The molecule has 2 fully saturated rings. The average Bonchev–Trinajstić information content (AvgIpc) is 3.04. The first-order valence-corrected chi connectivity index (χ1v) is 9.45. The second-order valence-electron chi connectivity index (χ2n) is 7.62. The topological polar surface area (TPSA) is 48.0 Å². The van der Waals surface area contributed by atoms with Gasteiger partial charge in [0.05, 0.1) is 6.04 Å². The van der Waals surface area contributed by atoms with Crippen LogP contribution in [0.2, 0.25) is 0 Å². The van der Waals surface area contributed by atoms with E-state index in [1.807, 2.05) is 48.5 Å². The zero-order valence-corrected chi connectivity index (χ0v) is 15.9. The van der Waals surface area contributed by atoms with E-state index in [-0.39, 0.29) is 24.0 Å². The molecular weight excluding hydrogens is 342 g/mol. The lowest BCUT2D eigenvalue weighted by Crippen LogP contribution is -2.66. The third kappa shape index (κ3) is 2.82. The fourth-order valence-corrected chi connectivity index (χ4v) is 4.09. The maximum absolute atomic E-state index is 12.6. The Labute approximate surface area is 159 Å². The summed E-state index contributed by atoms with van der Waals surface area (Å²) in [5, 5.41) is 0. The second kappa shape index (κ2) is 6.98. The summed E-state index contributed by atoms with van der Waals surface area (Å²) in [7, 11) is 0. The molecule has 0 spiro atoms. The van der Waals surface area contributed by atoms with Crippen molar-refractivity contribution in [2.24, 2.45) is 5.92 Å². The molecule has 0 unspecified atom stereocenters.